The minimum absolute atomic E-state index is 0.0435. The molecule has 2 heterocycles. The Hall–Kier alpha value is -2.92. The summed E-state index contributed by atoms with van der Waals surface area (Å²) in [5, 5.41) is 3.68. The number of para-hydroxylation sites is 1. The van der Waals surface area contributed by atoms with Gasteiger partial charge in [-0.3, -0.25) is 9.69 Å². The summed E-state index contributed by atoms with van der Waals surface area (Å²) in [7, 11) is 0. The molecule has 27 heavy (non-hydrogen) atoms. The van der Waals surface area contributed by atoms with E-state index in [-0.39, 0.29) is 11.6 Å². The van der Waals surface area contributed by atoms with Gasteiger partial charge in [-0.05, 0) is 43.6 Å². The molecule has 1 fully saturated rings. The highest BCUT2D eigenvalue weighted by atomic mass is 16.4. The monoisotopic (exact) mass is 362 g/mol. The van der Waals surface area contributed by atoms with Crippen LogP contribution in [0.15, 0.2) is 69.9 Å². The first-order chi connectivity index (χ1) is 13.2. The molecule has 1 aliphatic heterocycles. The minimum Gasteiger partial charge on any atom is -0.422 e. The number of hydrogen-bond acceptors (Lipinski definition) is 4. The van der Waals surface area contributed by atoms with Gasteiger partial charge in [0.2, 0.25) is 0 Å². The maximum absolute atomic E-state index is 12.7. The molecule has 1 aliphatic rings. The van der Waals surface area contributed by atoms with Crippen molar-refractivity contribution < 1.29 is 9.21 Å². The van der Waals surface area contributed by atoms with E-state index in [9.17, 15) is 9.59 Å². The van der Waals surface area contributed by atoms with E-state index in [4.69, 9.17) is 4.42 Å². The molecule has 0 spiro atoms. The summed E-state index contributed by atoms with van der Waals surface area (Å²) in [5.41, 5.74) is 1.09. The molecule has 1 saturated heterocycles. The van der Waals surface area contributed by atoms with Gasteiger partial charge in [0.1, 0.15) is 11.1 Å². The third-order valence-electron chi connectivity index (χ3n) is 5.11. The molecule has 1 atom stereocenters. The van der Waals surface area contributed by atoms with Crippen LogP contribution in [0, 0.1) is 0 Å². The summed E-state index contributed by atoms with van der Waals surface area (Å²) in [6.07, 6.45) is 2.34. The maximum atomic E-state index is 12.7. The van der Waals surface area contributed by atoms with Gasteiger partial charge in [0.25, 0.3) is 5.91 Å². The second-order valence-corrected chi connectivity index (χ2v) is 6.86. The van der Waals surface area contributed by atoms with E-state index in [0.717, 1.165) is 18.5 Å². The van der Waals surface area contributed by atoms with E-state index in [1.165, 1.54) is 18.4 Å². The lowest BCUT2D eigenvalue weighted by molar-refractivity contribution is 0.0934. The maximum Gasteiger partial charge on any atom is 0.349 e. The largest absolute Gasteiger partial charge is 0.422 e. The summed E-state index contributed by atoms with van der Waals surface area (Å²) in [5.74, 6) is -0.394. The first kappa shape index (κ1) is 17.5. The Morgan fingerprint density at radius 3 is 2.52 bits per heavy atom. The molecule has 4 rings (SSSR count). The molecule has 3 aromatic rings. The van der Waals surface area contributed by atoms with Crippen LogP contribution in [0.25, 0.3) is 11.0 Å². The number of carbonyl (C=O) groups is 1. The van der Waals surface area contributed by atoms with Crippen LogP contribution < -0.4 is 10.9 Å². The normalized spacial score (nSPS) is 15.7. The van der Waals surface area contributed by atoms with Crippen LogP contribution in [0.5, 0.6) is 0 Å². The van der Waals surface area contributed by atoms with Gasteiger partial charge in [0, 0.05) is 11.9 Å². The average Bonchev–Trinajstić information content (AvgIpc) is 3.23. The lowest BCUT2D eigenvalue weighted by Gasteiger charge is -2.28. The van der Waals surface area contributed by atoms with Crippen molar-refractivity contribution in [3.8, 4) is 0 Å². The van der Waals surface area contributed by atoms with Crippen molar-refractivity contribution in [2.75, 3.05) is 19.6 Å². The van der Waals surface area contributed by atoms with E-state index in [1.807, 2.05) is 30.3 Å². The van der Waals surface area contributed by atoms with E-state index >= 15 is 0 Å². The summed E-state index contributed by atoms with van der Waals surface area (Å²) in [6.45, 7) is 2.50. The number of rotatable bonds is 5. The lowest BCUT2D eigenvalue weighted by atomic mass is 10.1. The third kappa shape index (κ3) is 3.78. The predicted molar refractivity (Wildman–Crippen MR) is 105 cm³/mol. The molecule has 2 aromatic carbocycles. The topological polar surface area (TPSA) is 62.6 Å². The second kappa shape index (κ2) is 7.76. The van der Waals surface area contributed by atoms with Crippen molar-refractivity contribution in [2.45, 2.75) is 18.9 Å². The zero-order valence-electron chi connectivity index (χ0n) is 15.1. The standard InChI is InChI=1S/C22H22N2O3/c25-21(18-14-17-10-4-5-11-20(17)27-22(18)26)23-15-19(24-12-6-7-13-24)16-8-2-1-3-9-16/h1-5,8-11,14,19H,6-7,12-13,15H2,(H,23,25). The van der Waals surface area contributed by atoms with Gasteiger partial charge in [-0.2, -0.15) is 0 Å². The fourth-order valence-corrected chi connectivity index (χ4v) is 3.69. The van der Waals surface area contributed by atoms with Gasteiger partial charge in [-0.1, -0.05) is 48.5 Å². The Morgan fingerprint density at radius 1 is 1.04 bits per heavy atom. The molecule has 0 radical (unpaired) electrons. The van der Waals surface area contributed by atoms with E-state index in [2.05, 4.69) is 22.3 Å². The summed E-state index contributed by atoms with van der Waals surface area (Å²) < 4.78 is 5.28. The molecule has 5 heteroatoms. The number of benzene rings is 2. The van der Waals surface area contributed by atoms with E-state index in [0.29, 0.717) is 12.1 Å². The Labute approximate surface area is 157 Å². The summed E-state index contributed by atoms with van der Waals surface area (Å²) >= 11 is 0. The average molecular weight is 362 g/mol. The number of carbonyl (C=O) groups excluding carboxylic acids is 1. The zero-order valence-corrected chi connectivity index (χ0v) is 15.1. The molecule has 1 aromatic heterocycles. The van der Waals surface area contributed by atoms with Gasteiger partial charge in [0.05, 0.1) is 6.04 Å². The molecule has 1 N–H and O–H groups in total. The molecule has 0 bridgehead atoms. The van der Waals surface area contributed by atoms with Crippen LogP contribution in [0.1, 0.15) is 34.8 Å². The highest BCUT2D eigenvalue weighted by Gasteiger charge is 2.24. The zero-order chi connectivity index (χ0) is 18.6. The first-order valence-electron chi connectivity index (χ1n) is 9.32. The number of likely N-dealkylation sites (tertiary alicyclic amines) is 1. The van der Waals surface area contributed by atoms with Gasteiger partial charge in [0.15, 0.2) is 0 Å². The van der Waals surface area contributed by atoms with Gasteiger partial charge < -0.3 is 9.73 Å². The Kier molecular flexibility index (Phi) is 5.03. The van der Waals surface area contributed by atoms with Crippen molar-refractivity contribution in [2.24, 2.45) is 0 Å². The SMILES string of the molecule is O=C(NCC(c1ccccc1)N1CCCC1)c1cc2ccccc2oc1=O. The quantitative estimate of drug-likeness (QED) is 0.707. The highest BCUT2D eigenvalue weighted by Crippen LogP contribution is 2.24. The van der Waals surface area contributed by atoms with Crippen LogP contribution >= 0.6 is 0 Å². The molecule has 1 amide bonds. The van der Waals surface area contributed by atoms with Gasteiger partial charge >= 0.3 is 5.63 Å². The summed E-state index contributed by atoms with van der Waals surface area (Å²) in [4.78, 5) is 27.3. The Morgan fingerprint density at radius 2 is 1.74 bits per heavy atom. The molecule has 138 valence electrons. The number of nitrogens with one attached hydrogen (secondary N) is 1. The van der Waals surface area contributed by atoms with Crippen LogP contribution in [0.3, 0.4) is 0 Å². The summed E-state index contributed by atoms with van der Waals surface area (Å²) in [6, 6.07) is 19.1. The van der Waals surface area contributed by atoms with Crippen molar-refractivity contribution in [1.29, 1.82) is 0 Å². The van der Waals surface area contributed by atoms with Gasteiger partial charge in [-0.15, -0.1) is 0 Å². The van der Waals surface area contributed by atoms with E-state index < -0.39 is 11.5 Å². The fraction of sp³-hybridized carbons (Fsp3) is 0.273. The van der Waals surface area contributed by atoms with Crippen LogP contribution in [-0.2, 0) is 0 Å². The van der Waals surface area contributed by atoms with Crippen LogP contribution in [0.4, 0.5) is 0 Å². The number of nitrogens with zero attached hydrogens (tertiary/aromatic N) is 1. The molecule has 0 saturated carbocycles. The second-order valence-electron chi connectivity index (χ2n) is 6.86. The highest BCUT2D eigenvalue weighted by molar-refractivity contribution is 5.96. The molecule has 1 unspecified atom stereocenters. The van der Waals surface area contributed by atoms with Crippen LogP contribution in [0.2, 0.25) is 0 Å². The molecule has 5 nitrogen and oxygen atoms in total. The Bertz CT molecular complexity index is 991. The van der Waals surface area contributed by atoms with Crippen molar-refractivity contribution in [3.63, 3.8) is 0 Å². The number of hydrogen-bond donors (Lipinski definition) is 1. The lowest BCUT2D eigenvalue weighted by Crippen LogP contribution is -2.38. The van der Waals surface area contributed by atoms with Crippen molar-refractivity contribution >= 4 is 16.9 Å². The minimum atomic E-state index is -0.608. The third-order valence-corrected chi connectivity index (χ3v) is 5.11. The fourth-order valence-electron chi connectivity index (χ4n) is 3.69. The molecule has 0 aliphatic carbocycles. The van der Waals surface area contributed by atoms with Crippen molar-refractivity contribution in [1.82, 2.24) is 10.2 Å². The Balaban J connectivity index is 1.54. The van der Waals surface area contributed by atoms with Crippen molar-refractivity contribution in [3.05, 3.63) is 82.2 Å². The predicted octanol–water partition coefficient (Wildman–Crippen LogP) is 3.36. The van der Waals surface area contributed by atoms with E-state index in [1.54, 1.807) is 18.2 Å². The number of fused-ring (bicyclic) bond motifs is 1. The molecular formula is C22H22N2O3. The van der Waals surface area contributed by atoms with Crippen LogP contribution in [-0.4, -0.2) is 30.4 Å². The first-order valence-corrected chi connectivity index (χ1v) is 9.32. The number of amides is 1. The van der Waals surface area contributed by atoms with Gasteiger partial charge in [-0.25, -0.2) is 4.79 Å². The molecular weight excluding hydrogens is 340 g/mol. The smallest absolute Gasteiger partial charge is 0.349 e.